The molecular formula is C82H102ClN15O17. The summed E-state index contributed by atoms with van der Waals surface area (Å²) in [6, 6.07) is 26.0. The van der Waals surface area contributed by atoms with Gasteiger partial charge in [0, 0.05) is 69.9 Å². The van der Waals surface area contributed by atoms with Crippen LogP contribution in [0.4, 0.5) is 0 Å². The molecule has 0 unspecified atom stereocenters. The average Bonchev–Trinajstić information content (AvgIpc) is 1.81. The summed E-state index contributed by atoms with van der Waals surface area (Å²) in [6.07, 6.45) is -1.84. The number of rotatable bonds is 42. The molecule has 2 heterocycles. The number of aliphatic hydroxyl groups is 1. The van der Waals surface area contributed by atoms with Gasteiger partial charge in [-0.25, -0.2) is 0 Å². The van der Waals surface area contributed by atoms with Crippen LogP contribution in [0.2, 0.25) is 5.02 Å². The van der Waals surface area contributed by atoms with Crippen molar-refractivity contribution < 1.29 is 82.4 Å². The molecule has 10 atom stereocenters. The maximum atomic E-state index is 15.4. The molecule has 2 fully saturated rings. The SMILES string of the molecule is CC(C)C[C@H](NC(=O)[C@@H](Cc1ccc(CN2CCOCC2)cc1)NC(=O)[C@H](Cc1ccc(CC(=O)O)cc1)NC(=O)[C@H](CO)NC(=O)[C@@H](Cc1ccccc1)NC(=O)[C@@H](Cc1ccc(Cl)cc1)NC(=O)[C@@H](Cc1cccc2ccccc12)NC(=O)CC(=O)O)C(=O)N[C@@H](CCCNC(=N)N)C(=O)N1CCC[C@H]1C(=O)N[C@H](C)C(N)=O. The Hall–Kier alpha value is -11.9. The zero-order valence-corrected chi connectivity index (χ0v) is 65.1. The van der Waals surface area contributed by atoms with Crippen LogP contribution in [-0.4, -0.2) is 214 Å². The van der Waals surface area contributed by atoms with Crippen molar-refractivity contribution in [1.29, 1.82) is 5.41 Å². The predicted octanol–water partition coefficient (Wildman–Crippen LogP) is 1.10. The first-order valence-corrected chi connectivity index (χ1v) is 38.5. The third kappa shape index (κ3) is 28.3. The number of hydrogen-bond donors (Lipinski definition) is 16. The Balaban J connectivity index is 1.09. The number of nitrogens with two attached hydrogens (primary N) is 2. The highest BCUT2D eigenvalue weighted by molar-refractivity contribution is 6.30. The summed E-state index contributed by atoms with van der Waals surface area (Å²) in [5.74, 6) is -13.1. The van der Waals surface area contributed by atoms with Gasteiger partial charge in [0.2, 0.25) is 65.0 Å². The Morgan fingerprint density at radius 2 is 0.974 bits per heavy atom. The van der Waals surface area contributed by atoms with Crippen molar-refractivity contribution in [2.24, 2.45) is 17.4 Å². The molecule has 0 aromatic heterocycles. The number of halogens is 1. The van der Waals surface area contributed by atoms with Crippen molar-refractivity contribution in [3.05, 3.63) is 190 Å². The molecule has 115 heavy (non-hydrogen) atoms. The van der Waals surface area contributed by atoms with E-state index < -0.39 is 150 Å². The van der Waals surface area contributed by atoms with Crippen molar-refractivity contribution in [1.82, 2.24) is 63.0 Å². The van der Waals surface area contributed by atoms with Gasteiger partial charge in [0.05, 0.1) is 26.2 Å². The number of nitrogens with zero attached hydrogens (tertiary/aromatic N) is 2. The van der Waals surface area contributed by atoms with E-state index in [4.69, 9.17) is 33.2 Å². The van der Waals surface area contributed by atoms with Crippen LogP contribution in [0.25, 0.3) is 10.8 Å². The van der Waals surface area contributed by atoms with Gasteiger partial charge in [-0.3, -0.25) is 72.6 Å². The number of carboxylic acids is 2. The number of primary amides is 1. The van der Waals surface area contributed by atoms with Crippen molar-refractivity contribution in [3.8, 4) is 0 Å². The van der Waals surface area contributed by atoms with E-state index in [1.165, 1.54) is 36.1 Å². The molecule has 11 amide bonds. The summed E-state index contributed by atoms with van der Waals surface area (Å²) in [6.45, 7) is 7.16. The number of hydrogen-bond acceptors (Lipinski definition) is 17. The van der Waals surface area contributed by atoms with Gasteiger partial charge in [-0.05, 0) is 107 Å². The Morgan fingerprint density at radius 1 is 0.513 bits per heavy atom. The number of carboxylic acid groups (broad SMARTS) is 2. The van der Waals surface area contributed by atoms with Crippen LogP contribution in [0.3, 0.4) is 0 Å². The summed E-state index contributed by atoms with van der Waals surface area (Å²) in [7, 11) is 0. The highest BCUT2D eigenvalue weighted by atomic mass is 35.5. The van der Waals surface area contributed by atoms with E-state index in [-0.39, 0.29) is 89.2 Å². The first kappa shape index (κ1) is 88.7. The lowest BCUT2D eigenvalue weighted by Crippen LogP contribution is -2.62. The molecule has 6 aromatic rings. The Labute approximate surface area is 670 Å². The average molecular weight is 1610 g/mol. The molecule has 0 bridgehead atoms. The minimum atomic E-state index is -1.89. The van der Waals surface area contributed by atoms with Crippen LogP contribution in [0.5, 0.6) is 0 Å². The van der Waals surface area contributed by atoms with Crippen molar-refractivity contribution in [3.63, 3.8) is 0 Å². The fraction of sp³-hybridized carbons (Fsp3) is 0.415. The third-order valence-corrected chi connectivity index (χ3v) is 19.9. The zero-order valence-electron chi connectivity index (χ0n) is 64.3. The fourth-order valence-electron chi connectivity index (χ4n) is 13.5. The normalized spacial score (nSPS) is 15.8. The molecule has 18 N–H and O–H groups in total. The van der Waals surface area contributed by atoms with Gasteiger partial charge in [0.1, 0.15) is 66.8 Å². The molecule has 614 valence electrons. The summed E-state index contributed by atoms with van der Waals surface area (Å²) in [5, 5.41) is 66.6. The molecule has 0 radical (unpaired) electrons. The first-order valence-electron chi connectivity index (χ1n) is 38.1. The number of aliphatic hydroxyl groups excluding tert-OH is 1. The van der Waals surface area contributed by atoms with Crippen LogP contribution < -0.4 is 64.6 Å². The summed E-state index contributed by atoms with van der Waals surface area (Å²) >= 11 is 6.27. The van der Waals surface area contributed by atoms with E-state index in [9.17, 15) is 58.5 Å². The fourth-order valence-corrected chi connectivity index (χ4v) is 13.7. The van der Waals surface area contributed by atoms with E-state index in [0.29, 0.717) is 77.7 Å². The van der Waals surface area contributed by atoms with Crippen LogP contribution in [-0.2, 0) is 112 Å². The van der Waals surface area contributed by atoms with Gasteiger partial charge in [-0.15, -0.1) is 0 Å². The van der Waals surface area contributed by atoms with Crippen LogP contribution in [0, 0.1) is 11.3 Å². The number of ether oxygens (including phenoxy) is 1. The number of morpholine rings is 1. The second kappa shape index (κ2) is 44.0. The highest BCUT2D eigenvalue weighted by Crippen LogP contribution is 2.24. The van der Waals surface area contributed by atoms with Gasteiger partial charge in [0.25, 0.3) is 0 Å². The zero-order chi connectivity index (χ0) is 83.3. The smallest absolute Gasteiger partial charge is 0.312 e. The number of carbonyl (C=O) groups excluding carboxylic acids is 11. The second-order valence-electron chi connectivity index (χ2n) is 29.1. The van der Waals surface area contributed by atoms with Crippen molar-refractivity contribution >= 4 is 105 Å². The number of likely N-dealkylation sites (tertiary alicyclic amines) is 1. The van der Waals surface area contributed by atoms with Crippen LogP contribution in [0.15, 0.2) is 146 Å². The van der Waals surface area contributed by atoms with Crippen molar-refractivity contribution in [2.45, 2.75) is 165 Å². The van der Waals surface area contributed by atoms with Gasteiger partial charge < -0.3 is 89.6 Å². The van der Waals surface area contributed by atoms with Gasteiger partial charge in [-0.2, -0.15) is 0 Å². The van der Waals surface area contributed by atoms with E-state index in [2.05, 4.69) is 58.1 Å². The standard InChI is InChI=1S/C82H102ClN15O17/c1-48(2)38-61(73(106)90-60(18-10-32-87-82(85)86)81(114)98-33-11-19-68(98)80(113)88-49(3)72(84)105)91-74(107)63(41-52-24-26-55(27-25-52)46-97-34-36-115-37-35-97)93-76(109)65(40-51-20-22-54(23-21-51)43-70(101)102)95-79(112)67(47-99)96-77(110)62(39-50-12-5-4-6-13-50)92-75(108)64(42-53-28-30-58(83)31-29-53)94-78(111)66(89-69(100)45-71(103)104)44-57-16-9-15-56-14-7-8-17-59(56)57/h4-9,12-17,20-31,48-49,60-68,99H,10-11,18-19,32-47H2,1-3H3,(H2,84,105)(H,88,113)(H,89,100)(H,90,106)(H,91,107)(H,92,108)(H,93,109)(H,94,111)(H,95,112)(H,96,110)(H,101,102)(H,103,104)(H4,85,86,87)/t49-,60+,61+,62-,63-,64-,65+,66-,67+,68+/m1/s1. The molecule has 32 nitrogen and oxygen atoms in total. The Kier molecular flexibility index (Phi) is 33.9. The number of carbonyl (C=O) groups is 13. The third-order valence-electron chi connectivity index (χ3n) is 19.6. The lowest BCUT2D eigenvalue weighted by Gasteiger charge is -2.31. The first-order chi connectivity index (χ1) is 55.0. The minimum Gasteiger partial charge on any atom is -0.481 e. The van der Waals surface area contributed by atoms with Gasteiger partial charge in [-0.1, -0.05) is 159 Å². The largest absolute Gasteiger partial charge is 0.481 e. The number of amides is 11. The molecular weight excluding hydrogens is 1500 g/mol. The van der Waals surface area contributed by atoms with Crippen molar-refractivity contribution in [2.75, 3.05) is 46.0 Å². The number of nitrogens with one attached hydrogen (secondary N) is 11. The number of benzene rings is 6. The number of aliphatic carboxylic acids is 2. The van der Waals surface area contributed by atoms with E-state index in [1.807, 2.05) is 36.4 Å². The molecule has 0 spiro atoms. The lowest BCUT2D eigenvalue weighted by molar-refractivity contribution is -0.142. The molecule has 2 saturated heterocycles. The van der Waals surface area contributed by atoms with E-state index >= 15 is 19.2 Å². The maximum absolute atomic E-state index is 15.4. The molecule has 0 saturated carbocycles. The summed E-state index contributed by atoms with van der Waals surface area (Å²) in [5.41, 5.74) is 14.8. The Morgan fingerprint density at radius 3 is 1.50 bits per heavy atom. The quantitative estimate of drug-likeness (QED) is 0.0110. The molecule has 6 aromatic carbocycles. The summed E-state index contributed by atoms with van der Waals surface area (Å²) < 4.78 is 5.54. The minimum absolute atomic E-state index is 0.0195. The molecule has 2 aliphatic rings. The van der Waals surface area contributed by atoms with Gasteiger partial charge >= 0.3 is 11.9 Å². The molecule has 33 heteroatoms. The number of fused-ring (bicyclic) bond motifs is 1. The number of guanidine groups is 1. The molecule has 2 aliphatic heterocycles. The van der Waals surface area contributed by atoms with E-state index in [1.54, 1.807) is 98.8 Å². The monoisotopic (exact) mass is 1600 g/mol. The Bertz CT molecular complexity index is 4390. The second-order valence-corrected chi connectivity index (χ2v) is 29.5. The maximum Gasteiger partial charge on any atom is 0.312 e. The summed E-state index contributed by atoms with van der Waals surface area (Å²) in [4.78, 5) is 186. The highest BCUT2D eigenvalue weighted by Gasteiger charge is 2.41. The topological polar surface area (TPSA) is 494 Å². The lowest BCUT2D eigenvalue weighted by atomic mass is 9.97. The molecule has 0 aliphatic carbocycles. The van der Waals surface area contributed by atoms with E-state index in [0.717, 1.165) is 16.3 Å². The van der Waals surface area contributed by atoms with Crippen LogP contribution in [0.1, 0.15) is 98.2 Å². The van der Waals surface area contributed by atoms with Crippen LogP contribution >= 0.6 is 11.6 Å². The molecule has 8 rings (SSSR count). The van der Waals surface area contributed by atoms with Gasteiger partial charge in [0.15, 0.2) is 5.96 Å². The predicted molar refractivity (Wildman–Crippen MR) is 426 cm³/mol.